The lowest BCUT2D eigenvalue weighted by Gasteiger charge is -2.07. The van der Waals surface area contributed by atoms with Crippen LogP contribution in [0.15, 0.2) is 36.1 Å². The van der Waals surface area contributed by atoms with Gasteiger partial charge in [0.15, 0.2) is 8.68 Å². The number of aryl methyl sites for hydroxylation is 2. The summed E-state index contributed by atoms with van der Waals surface area (Å²) >= 11 is 4.37. The van der Waals surface area contributed by atoms with Crippen LogP contribution < -0.4 is 10.9 Å². The SMILES string of the molecule is CCCNC(=O)CSc1nnc(SCc2cc(=O)oc3cc(C)c(C)cc23)s1. The summed E-state index contributed by atoms with van der Waals surface area (Å²) in [6.07, 6.45) is 0.918. The third-order valence-corrected chi connectivity index (χ3v) is 7.32. The van der Waals surface area contributed by atoms with E-state index in [1.54, 1.807) is 6.07 Å². The van der Waals surface area contributed by atoms with Crippen LogP contribution in [0.1, 0.15) is 30.0 Å². The van der Waals surface area contributed by atoms with E-state index in [1.807, 2.05) is 26.8 Å². The Balaban J connectivity index is 1.66. The Hall–Kier alpha value is -1.84. The maximum atomic E-state index is 11.9. The first kappa shape index (κ1) is 20.9. The molecule has 0 fully saturated rings. The van der Waals surface area contributed by atoms with Gasteiger partial charge in [0.25, 0.3) is 0 Å². The molecule has 3 aromatic rings. The summed E-state index contributed by atoms with van der Waals surface area (Å²) in [5.74, 6) is 0.938. The highest BCUT2D eigenvalue weighted by Gasteiger charge is 2.12. The van der Waals surface area contributed by atoms with E-state index in [-0.39, 0.29) is 11.5 Å². The van der Waals surface area contributed by atoms with E-state index in [4.69, 9.17) is 4.42 Å². The second-order valence-corrected chi connectivity index (χ2v) is 9.71. The second kappa shape index (κ2) is 9.58. The molecule has 148 valence electrons. The zero-order valence-electron chi connectivity index (χ0n) is 15.9. The largest absolute Gasteiger partial charge is 0.423 e. The fourth-order valence-electron chi connectivity index (χ4n) is 2.50. The number of nitrogens with one attached hydrogen (secondary N) is 1. The van der Waals surface area contributed by atoms with Crippen LogP contribution in [0.5, 0.6) is 0 Å². The summed E-state index contributed by atoms with van der Waals surface area (Å²) in [4.78, 5) is 23.6. The fourth-order valence-corrected chi connectivity index (χ4v) is 5.34. The van der Waals surface area contributed by atoms with Crippen LogP contribution in [0.2, 0.25) is 0 Å². The van der Waals surface area contributed by atoms with E-state index in [2.05, 4.69) is 21.6 Å². The average Bonchev–Trinajstić information content (AvgIpc) is 3.12. The van der Waals surface area contributed by atoms with Crippen molar-refractivity contribution in [2.45, 2.75) is 41.6 Å². The van der Waals surface area contributed by atoms with Crippen molar-refractivity contribution in [2.75, 3.05) is 12.3 Å². The molecular formula is C19H21N3O3S3. The molecule has 0 unspecified atom stereocenters. The van der Waals surface area contributed by atoms with Crippen molar-refractivity contribution in [2.24, 2.45) is 0 Å². The van der Waals surface area contributed by atoms with E-state index in [1.165, 1.54) is 34.9 Å². The number of fused-ring (bicyclic) bond motifs is 1. The number of thioether (sulfide) groups is 2. The molecule has 1 N–H and O–H groups in total. The molecule has 0 aliphatic rings. The fraction of sp³-hybridized carbons (Fsp3) is 0.368. The molecule has 0 spiro atoms. The minimum Gasteiger partial charge on any atom is -0.423 e. The monoisotopic (exact) mass is 435 g/mol. The third kappa shape index (κ3) is 5.36. The summed E-state index contributed by atoms with van der Waals surface area (Å²) in [5, 5.41) is 12.1. The Morgan fingerprint density at radius 3 is 2.61 bits per heavy atom. The van der Waals surface area contributed by atoms with Gasteiger partial charge in [0.1, 0.15) is 5.58 Å². The van der Waals surface area contributed by atoms with Gasteiger partial charge in [0, 0.05) is 23.8 Å². The Kier molecular flexibility index (Phi) is 7.14. The number of carbonyl (C=O) groups excluding carboxylic acids is 1. The van der Waals surface area contributed by atoms with Crippen LogP contribution in [0.25, 0.3) is 11.0 Å². The molecule has 9 heteroatoms. The van der Waals surface area contributed by atoms with Crippen molar-refractivity contribution in [3.05, 3.63) is 45.3 Å². The lowest BCUT2D eigenvalue weighted by molar-refractivity contribution is -0.118. The normalized spacial score (nSPS) is 11.1. The molecule has 0 saturated heterocycles. The number of carbonyl (C=O) groups is 1. The number of nitrogens with zero attached hydrogens (tertiary/aromatic N) is 2. The first-order valence-corrected chi connectivity index (χ1v) is 11.6. The number of hydrogen-bond acceptors (Lipinski definition) is 8. The molecule has 2 aromatic heterocycles. The minimum atomic E-state index is -0.349. The molecule has 0 radical (unpaired) electrons. The zero-order valence-corrected chi connectivity index (χ0v) is 18.4. The Bertz CT molecular complexity index is 1050. The molecule has 2 heterocycles. The predicted octanol–water partition coefficient (Wildman–Crippen LogP) is 4.17. The smallest absolute Gasteiger partial charge is 0.336 e. The van der Waals surface area contributed by atoms with Crippen LogP contribution in [-0.4, -0.2) is 28.4 Å². The van der Waals surface area contributed by atoms with Crippen molar-refractivity contribution < 1.29 is 9.21 Å². The average molecular weight is 436 g/mol. The van der Waals surface area contributed by atoms with Gasteiger partial charge in [-0.25, -0.2) is 4.79 Å². The minimum absolute atomic E-state index is 0.00407. The van der Waals surface area contributed by atoms with Gasteiger partial charge in [-0.05, 0) is 49.1 Å². The van der Waals surface area contributed by atoms with Gasteiger partial charge < -0.3 is 9.73 Å². The first-order valence-electron chi connectivity index (χ1n) is 8.86. The first-order chi connectivity index (χ1) is 13.5. The van der Waals surface area contributed by atoms with Gasteiger partial charge in [-0.2, -0.15) is 0 Å². The predicted molar refractivity (Wildman–Crippen MR) is 115 cm³/mol. The van der Waals surface area contributed by atoms with Crippen LogP contribution in [0, 0.1) is 13.8 Å². The van der Waals surface area contributed by atoms with Crippen LogP contribution >= 0.6 is 34.9 Å². The molecule has 0 aliphatic heterocycles. The number of hydrogen-bond donors (Lipinski definition) is 1. The lowest BCUT2D eigenvalue weighted by atomic mass is 10.0. The summed E-state index contributed by atoms with van der Waals surface area (Å²) in [6, 6.07) is 5.50. The standard InChI is InChI=1S/C19H21N3O3S3/c1-4-5-20-16(23)10-27-19-22-21-18(28-19)26-9-13-8-17(24)25-15-7-12(3)11(2)6-14(13)15/h6-8H,4-5,9-10H2,1-3H3,(H,20,23). The summed E-state index contributed by atoms with van der Waals surface area (Å²) in [7, 11) is 0. The summed E-state index contributed by atoms with van der Waals surface area (Å²) < 4.78 is 6.91. The van der Waals surface area contributed by atoms with E-state index >= 15 is 0 Å². The molecular weight excluding hydrogens is 414 g/mol. The molecule has 1 aromatic carbocycles. The molecule has 3 rings (SSSR count). The lowest BCUT2D eigenvalue weighted by Crippen LogP contribution is -2.25. The maximum absolute atomic E-state index is 11.9. The maximum Gasteiger partial charge on any atom is 0.336 e. The molecule has 0 atom stereocenters. The van der Waals surface area contributed by atoms with Crippen LogP contribution in [0.3, 0.4) is 0 Å². The number of benzene rings is 1. The van der Waals surface area contributed by atoms with E-state index in [0.717, 1.165) is 37.2 Å². The molecule has 1 amide bonds. The van der Waals surface area contributed by atoms with Crippen molar-refractivity contribution in [1.29, 1.82) is 0 Å². The van der Waals surface area contributed by atoms with Gasteiger partial charge in [-0.3, -0.25) is 4.79 Å². The Morgan fingerprint density at radius 1 is 1.14 bits per heavy atom. The van der Waals surface area contributed by atoms with Gasteiger partial charge in [-0.15, -0.1) is 10.2 Å². The molecule has 28 heavy (non-hydrogen) atoms. The van der Waals surface area contributed by atoms with Crippen molar-refractivity contribution in [1.82, 2.24) is 15.5 Å². The highest BCUT2D eigenvalue weighted by molar-refractivity contribution is 8.03. The van der Waals surface area contributed by atoms with Gasteiger partial charge in [0.05, 0.1) is 5.75 Å². The van der Waals surface area contributed by atoms with Gasteiger partial charge in [0.2, 0.25) is 5.91 Å². The highest BCUT2D eigenvalue weighted by Crippen LogP contribution is 2.32. The molecule has 6 nitrogen and oxygen atoms in total. The van der Waals surface area contributed by atoms with Crippen molar-refractivity contribution in [3.63, 3.8) is 0 Å². The van der Waals surface area contributed by atoms with E-state index < -0.39 is 0 Å². The van der Waals surface area contributed by atoms with Crippen LogP contribution in [0.4, 0.5) is 0 Å². The number of rotatable bonds is 8. The molecule has 0 bridgehead atoms. The topological polar surface area (TPSA) is 85.1 Å². The Labute approximate surface area is 175 Å². The zero-order chi connectivity index (χ0) is 20.1. The van der Waals surface area contributed by atoms with Crippen molar-refractivity contribution in [3.8, 4) is 0 Å². The third-order valence-electron chi connectivity index (χ3n) is 4.08. The summed E-state index contributed by atoms with van der Waals surface area (Å²) in [5.41, 5.74) is 3.43. The highest BCUT2D eigenvalue weighted by atomic mass is 32.2. The van der Waals surface area contributed by atoms with E-state index in [9.17, 15) is 9.59 Å². The van der Waals surface area contributed by atoms with Gasteiger partial charge in [-0.1, -0.05) is 41.8 Å². The second-order valence-electron chi connectivity index (χ2n) is 6.28. The van der Waals surface area contributed by atoms with E-state index in [0.29, 0.717) is 23.6 Å². The number of aromatic nitrogens is 2. The quantitative estimate of drug-likeness (QED) is 0.420. The number of amides is 1. The van der Waals surface area contributed by atoms with Crippen LogP contribution in [-0.2, 0) is 10.5 Å². The summed E-state index contributed by atoms with van der Waals surface area (Å²) in [6.45, 7) is 6.75. The molecule has 0 aliphatic carbocycles. The van der Waals surface area contributed by atoms with Gasteiger partial charge >= 0.3 is 5.63 Å². The Morgan fingerprint density at radius 2 is 1.86 bits per heavy atom. The van der Waals surface area contributed by atoms with Crippen molar-refractivity contribution >= 4 is 51.7 Å². The molecule has 0 saturated carbocycles.